The average molecular weight is 516 g/mol. The molecule has 1 N–H and O–H groups in total. The average Bonchev–Trinajstić information content (AvgIpc) is 2.83. The molecule has 0 spiro atoms. The molecule has 0 aliphatic heterocycles. The lowest BCUT2D eigenvalue weighted by molar-refractivity contribution is -0.138. The number of nitriles is 1. The van der Waals surface area contributed by atoms with Crippen molar-refractivity contribution in [1.29, 1.82) is 5.26 Å². The number of amides is 1. The molecule has 0 bridgehead atoms. The van der Waals surface area contributed by atoms with Gasteiger partial charge in [0, 0.05) is 23.3 Å². The maximum atomic E-state index is 13.2. The molecule has 3 aromatic rings. The van der Waals surface area contributed by atoms with Crippen molar-refractivity contribution in [3.8, 4) is 11.9 Å². The number of pyridine rings is 1. The number of halogens is 4. The number of alkyl halides is 3. The van der Waals surface area contributed by atoms with Crippen molar-refractivity contribution >= 4 is 17.5 Å². The summed E-state index contributed by atoms with van der Waals surface area (Å²) < 4.78 is 44.1. The van der Waals surface area contributed by atoms with Crippen molar-refractivity contribution in [1.82, 2.24) is 10.3 Å². The standard InChI is InChI=1S/C27H25ClF3N3O2/c1-26(2,36-24-13-9-21(17-33-24)27(29,30)31)25(35)34-23(12-8-18-6-10-22(28)11-7-18)15-19-4-3-5-20(14-19)16-32/h3-7,9-11,13-14,17,23H,8,12,15H2,1-2H3,(H,34,35). The summed E-state index contributed by atoms with van der Waals surface area (Å²) in [5.74, 6) is -0.538. The van der Waals surface area contributed by atoms with E-state index >= 15 is 0 Å². The van der Waals surface area contributed by atoms with E-state index in [1.54, 1.807) is 30.3 Å². The number of nitrogens with zero attached hydrogens (tertiary/aromatic N) is 2. The van der Waals surface area contributed by atoms with E-state index in [4.69, 9.17) is 16.3 Å². The third kappa shape index (κ3) is 7.72. The van der Waals surface area contributed by atoms with Crippen LogP contribution >= 0.6 is 11.6 Å². The van der Waals surface area contributed by atoms with Crippen molar-refractivity contribution in [2.75, 3.05) is 0 Å². The zero-order valence-corrected chi connectivity index (χ0v) is 20.5. The molecule has 188 valence electrons. The Morgan fingerprint density at radius 2 is 1.83 bits per heavy atom. The van der Waals surface area contributed by atoms with E-state index in [2.05, 4.69) is 16.4 Å². The number of hydrogen-bond acceptors (Lipinski definition) is 4. The van der Waals surface area contributed by atoms with Crippen molar-refractivity contribution < 1.29 is 22.7 Å². The normalized spacial score (nSPS) is 12.5. The molecule has 0 saturated heterocycles. The number of ether oxygens (including phenoxy) is 1. The zero-order valence-electron chi connectivity index (χ0n) is 19.8. The molecule has 36 heavy (non-hydrogen) atoms. The smallest absolute Gasteiger partial charge is 0.417 e. The predicted octanol–water partition coefficient (Wildman–Crippen LogP) is 6.14. The van der Waals surface area contributed by atoms with E-state index in [1.165, 1.54) is 13.8 Å². The first kappa shape index (κ1) is 27.0. The first-order valence-corrected chi connectivity index (χ1v) is 11.6. The van der Waals surface area contributed by atoms with Gasteiger partial charge in [0.25, 0.3) is 5.91 Å². The molecule has 3 rings (SSSR count). The van der Waals surface area contributed by atoms with Gasteiger partial charge in [-0.25, -0.2) is 4.98 Å². The van der Waals surface area contributed by atoms with Crippen LogP contribution in [0.4, 0.5) is 13.2 Å². The molecule has 1 unspecified atom stereocenters. The highest BCUT2D eigenvalue weighted by atomic mass is 35.5. The SMILES string of the molecule is CC(C)(Oc1ccc(C(F)(F)F)cn1)C(=O)NC(CCc1ccc(Cl)cc1)Cc1cccc(C#N)c1. The molecular formula is C27H25ClF3N3O2. The van der Waals surface area contributed by atoms with Crippen LogP contribution in [0.1, 0.15) is 42.5 Å². The summed E-state index contributed by atoms with van der Waals surface area (Å²) in [7, 11) is 0. The molecule has 2 aromatic carbocycles. The summed E-state index contributed by atoms with van der Waals surface area (Å²) in [6.45, 7) is 3.04. The Morgan fingerprint density at radius 1 is 1.11 bits per heavy atom. The van der Waals surface area contributed by atoms with Gasteiger partial charge < -0.3 is 10.1 Å². The van der Waals surface area contributed by atoms with Crippen LogP contribution in [-0.2, 0) is 23.8 Å². The van der Waals surface area contributed by atoms with Crippen LogP contribution in [0.3, 0.4) is 0 Å². The number of benzene rings is 2. The quantitative estimate of drug-likeness (QED) is 0.371. The number of aromatic nitrogens is 1. The van der Waals surface area contributed by atoms with Crippen LogP contribution in [0.15, 0.2) is 66.9 Å². The van der Waals surface area contributed by atoms with Crippen LogP contribution in [-0.4, -0.2) is 22.5 Å². The Bertz CT molecular complexity index is 1220. The molecule has 0 aliphatic carbocycles. The van der Waals surface area contributed by atoms with Crippen molar-refractivity contribution in [3.63, 3.8) is 0 Å². The fraction of sp³-hybridized carbons (Fsp3) is 0.296. The van der Waals surface area contributed by atoms with Gasteiger partial charge in [0.05, 0.1) is 17.2 Å². The molecule has 0 aliphatic rings. The second-order valence-corrected chi connectivity index (χ2v) is 9.28. The van der Waals surface area contributed by atoms with Crippen LogP contribution < -0.4 is 10.1 Å². The minimum absolute atomic E-state index is 0.0948. The van der Waals surface area contributed by atoms with Gasteiger partial charge in [-0.15, -0.1) is 0 Å². The zero-order chi connectivity index (χ0) is 26.3. The number of carbonyl (C=O) groups excluding carboxylic acids is 1. The van der Waals surface area contributed by atoms with Gasteiger partial charge in [0.1, 0.15) is 0 Å². The van der Waals surface area contributed by atoms with Gasteiger partial charge in [-0.05, 0) is 74.6 Å². The maximum Gasteiger partial charge on any atom is 0.417 e. The third-order valence-electron chi connectivity index (χ3n) is 5.54. The first-order chi connectivity index (χ1) is 17.0. The lowest BCUT2D eigenvalue weighted by atomic mass is 9.97. The summed E-state index contributed by atoms with van der Waals surface area (Å²) in [5.41, 5.74) is 0.151. The lowest BCUT2D eigenvalue weighted by Gasteiger charge is -2.28. The molecule has 0 radical (unpaired) electrons. The molecule has 1 amide bonds. The largest absolute Gasteiger partial charge is 0.462 e. The van der Waals surface area contributed by atoms with Gasteiger partial charge >= 0.3 is 6.18 Å². The maximum absolute atomic E-state index is 13.2. The van der Waals surface area contributed by atoms with Gasteiger partial charge in [0.15, 0.2) is 5.60 Å². The van der Waals surface area contributed by atoms with Crippen LogP contribution in [0.2, 0.25) is 5.02 Å². The molecule has 1 heterocycles. The molecule has 1 atom stereocenters. The number of hydrogen-bond donors (Lipinski definition) is 1. The Kier molecular flexibility index (Phi) is 8.59. The highest BCUT2D eigenvalue weighted by molar-refractivity contribution is 6.30. The van der Waals surface area contributed by atoms with Crippen LogP contribution in [0.5, 0.6) is 5.88 Å². The first-order valence-electron chi connectivity index (χ1n) is 11.2. The molecule has 1 aromatic heterocycles. The molecule has 9 heteroatoms. The molecule has 0 saturated carbocycles. The second kappa shape index (κ2) is 11.4. The van der Waals surface area contributed by atoms with E-state index in [1.807, 2.05) is 18.2 Å². The monoisotopic (exact) mass is 515 g/mol. The minimum atomic E-state index is -4.52. The fourth-order valence-electron chi connectivity index (χ4n) is 3.54. The van der Waals surface area contributed by atoms with E-state index in [9.17, 15) is 23.2 Å². The third-order valence-corrected chi connectivity index (χ3v) is 5.79. The number of aryl methyl sites for hydroxylation is 1. The van der Waals surface area contributed by atoms with Crippen molar-refractivity contribution in [2.24, 2.45) is 0 Å². The van der Waals surface area contributed by atoms with Gasteiger partial charge in [-0.1, -0.05) is 35.9 Å². The summed E-state index contributed by atoms with van der Waals surface area (Å²) in [4.78, 5) is 16.9. The Morgan fingerprint density at radius 3 is 2.44 bits per heavy atom. The molecular weight excluding hydrogens is 491 g/mol. The van der Waals surface area contributed by atoms with E-state index in [0.29, 0.717) is 36.0 Å². The predicted molar refractivity (Wildman–Crippen MR) is 131 cm³/mol. The van der Waals surface area contributed by atoms with Gasteiger partial charge in [-0.2, -0.15) is 18.4 Å². The van der Waals surface area contributed by atoms with Crippen molar-refractivity contribution in [2.45, 2.75) is 50.9 Å². The highest BCUT2D eigenvalue weighted by Crippen LogP contribution is 2.29. The highest BCUT2D eigenvalue weighted by Gasteiger charge is 2.34. The Balaban J connectivity index is 1.73. The number of carbonyl (C=O) groups is 1. The number of rotatable bonds is 9. The second-order valence-electron chi connectivity index (χ2n) is 8.85. The molecule has 5 nitrogen and oxygen atoms in total. The van der Waals surface area contributed by atoms with E-state index < -0.39 is 23.2 Å². The van der Waals surface area contributed by atoms with Crippen LogP contribution in [0.25, 0.3) is 0 Å². The topological polar surface area (TPSA) is 75.0 Å². The minimum Gasteiger partial charge on any atom is -0.462 e. The summed E-state index contributed by atoms with van der Waals surface area (Å²) in [5, 5.41) is 12.8. The lowest BCUT2D eigenvalue weighted by Crippen LogP contribution is -2.50. The summed E-state index contributed by atoms with van der Waals surface area (Å²) in [6, 6.07) is 18.3. The van der Waals surface area contributed by atoms with Gasteiger partial charge in [-0.3, -0.25) is 4.79 Å². The molecule has 0 fully saturated rings. The van der Waals surface area contributed by atoms with E-state index in [0.717, 1.165) is 23.3 Å². The van der Waals surface area contributed by atoms with E-state index in [-0.39, 0.29) is 11.9 Å². The van der Waals surface area contributed by atoms with Crippen LogP contribution in [0, 0.1) is 11.3 Å². The summed E-state index contributed by atoms with van der Waals surface area (Å²) in [6.07, 6.45) is -2.11. The number of nitrogens with one attached hydrogen (secondary N) is 1. The van der Waals surface area contributed by atoms with Gasteiger partial charge in [0.2, 0.25) is 5.88 Å². The Hall–Kier alpha value is -3.57. The van der Waals surface area contributed by atoms with Crippen molar-refractivity contribution in [3.05, 3.63) is 94.1 Å². The summed E-state index contributed by atoms with van der Waals surface area (Å²) >= 11 is 5.97. The Labute approximate surface area is 212 Å². The fourth-order valence-corrected chi connectivity index (χ4v) is 3.67.